The number of hydrogen-bond acceptors (Lipinski definition) is 13. The summed E-state index contributed by atoms with van der Waals surface area (Å²) in [5, 5.41) is 0. The molecule has 0 spiro atoms. The Kier molecular flexibility index (Phi) is 21.2. The highest BCUT2D eigenvalue weighted by atomic mass is 19.1. The summed E-state index contributed by atoms with van der Waals surface area (Å²) in [4.78, 5) is 100. The van der Waals surface area contributed by atoms with Crippen LogP contribution in [0.15, 0.2) is 78.9 Å². The molecule has 0 N–H and O–H groups in total. The van der Waals surface area contributed by atoms with E-state index in [2.05, 4.69) is 12.1 Å². The molecule has 4 atom stereocenters. The van der Waals surface area contributed by atoms with E-state index in [0.29, 0.717) is 37.5 Å². The van der Waals surface area contributed by atoms with Crippen LogP contribution in [0.2, 0.25) is 0 Å². The van der Waals surface area contributed by atoms with Crippen LogP contribution in [0.1, 0.15) is 124 Å². The topological polar surface area (TPSA) is 185 Å². The normalized spacial score (nSPS) is 17.7. The summed E-state index contributed by atoms with van der Waals surface area (Å²) in [7, 11) is 4.19. The fraction of sp³-hybridized carbons (Fsp3) is 0.567. The first-order valence-electron chi connectivity index (χ1n) is 27.3. The van der Waals surface area contributed by atoms with Crippen LogP contribution in [0.3, 0.4) is 0 Å². The second-order valence-electron chi connectivity index (χ2n) is 21.9. The number of benzene rings is 3. The summed E-state index contributed by atoms with van der Waals surface area (Å²) in [6.45, 7) is 3.71. The number of rotatable bonds is 27. The molecule has 4 fully saturated rings. The highest BCUT2D eigenvalue weighted by Crippen LogP contribution is 2.37. The third kappa shape index (κ3) is 18.2. The number of nitrogens with zero attached hydrogens (tertiary/aromatic N) is 3. The van der Waals surface area contributed by atoms with Crippen LogP contribution < -0.4 is 0 Å². The molecule has 0 aromatic heterocycles. The fourth-order valence-corrected chi connectivity index (χ4v) is 9.92. The number of alkyl halides is 1. The number of carbonyl (C=O) groups is 7. The Morgan fingerprint density at radius 1 is 0.597 bits per heavy atom. The van der Waals surface area contributed by atoms with Crippen molar-refractivity contribution >= 4 is 41.6 Å². The van der Waals surface area contributed by atoms with E-state index in [0.717, 1.165) is 91.1 Å². The number of ether oxygens (including phenoxy) is 6. The van der Waals surface area contributed by atoms with E-state index in [-0.39, 0.29) is 43.1 Å². The Balaban J connectivity index is 1.02. The summed E-state index contributed by atoms with van der Waals surface area (Å²) >= 11 is 0. The van der Waals surface area contributed by atoms with Crippen molar-refractivity contribution in [1.82, 2.24) is 14.7 Å². The zero-order chi connectivity index (χ0) is 55.1. The van der Waals surface area contributed by atoms with Gasteiger partial charge in [-0.05, 0) is 110 Å². The van der Waals surface area contributed by atoms with Crippen LogP contribution in [0.25, 0.3) is 0 Å². The molecule has 3 aromatic rings. The van der Waals surface area contributed by atoms with E-state index in [1.807, 2.05) is 42.5 Å². The molecule has 77 heavy (non-hydrogen) atoms. The molecule has 17 heteroatoms. The SMILES string of the molecule is CN(C(=O)[CH]Cc1ccc(C2CCOCC2)cc1)[C@@H](CC1CC1)C(=O)OCC(=O)N(C)[C@@H](CC(C)(C)F)C(=O)O[C@H](Cc1ccc(C2CCOCC2)cc1)C(=O)N(C)[C@@H](CC1CC1)C(=O)OCC(=O)OCc1ccccc1. The number of likely N-dealkylation sites (N-methyl/N-ethyl adjacent to an activating group) is 3. The van der Waals surface area contributed by atoms with E-state index in [4.69, 9.17) is 28.4 Å². The number of carbonyl (C=O) groups excluding carboxylic acids is 7. The van der Waals surface area contributed by atoms with E-state index in [9.17, 15) is 33.6 Å². The molecule has 3 amide bonds. The predicted octanol–water partition coefficient (Wildman–Crippen LogP) is 7.43. The Bertz CT molecular complexity index is 2450. The second-order valence-corrected chi connectivity index (χ2v) is 21.9. The quantitative estimate of drug-likeness (QED) is 0.0543. The van der Waals surface area contributed by atoms with Crippen LogP contribution in [-0.4, -0.2) is 147 Å². The van der Waals surface area contributed by atoms with Crippen LogP contribution in [-0.2, 0) is 81.4 Å². The summed E-state index contributed by atoms with van der Waals surface area (Å²) in [6.07, 6.45) is 7.24. The number of hydrogen-bond donors (Lipinski definition) is 0. The lowest BCUT2D eigenvalue weighted by Crippen LogP contribution is -2.52. The van der Waals surface area contributed by atoms with Gasteiger partial charge in [0.05, 0.1) is 6.42 Å². The van der Waals surface area contributed by atoms with Gasteiger partial charge >= 0.3 is 23.9 Å². The maximum atomic E-state index is 15.7. The number of amides is 3. The van der Waals surface area contributed by atoms with Gasteiger partial charge in [0, 0.05) is 60.4 Å². The first kappa shape index (κ1) is 58.5. The van der Waals surface area contributed by atoms with Crippen LogP contribution in [0.5, 0.6) is 0 Å². The Morgan fingerprint density at radius 3 is 1.62 bits per heavy atom. The monoisotopic (exact) mass is 1070 g/mol. The minimum atomic E-state index is -2.03. The average Bonchev–Trinajstić information content (AvgIpc) is 4.41. The summed E-state index contributed by atoms with van der Waals surface area (Å²) < 4.78 is 49.1. The van der Waals surface area contributed by atoms with Gasteiger partial charge in [-0.1, -0.05) is 105 Å². The van der Waals surface area contributed by atoms with E-state index < -0.39 is 85.2 Å². The molecule has 3 aromatic carbocycles. The molecule has 0 bridgehead atoms. The second kappa shape index (κ2) is 27.9. The average molecular weight is 1070 g/mol. The lowest BCUT2D eigenvalue weighted by Gasteiger charge is -2.33. The number of halogens is 1. The van der Waals surface area contributed by atoms with E-state index >= 15 is 4.39 Å². The first-order valence-corrected chi connectivity index (χ1v) is 27.3. The van der Waals surface area contributed by atoms with Gasteiger partial charge in [0.2, 0.25) is 5.91 Å². The van der Waals surface area contributed by atoms with Crippen LogP contribution >= 0.6 is 0 Å². The summed E-state index contributed by atoms with van der Waals surface area (Å²) in [6, 6.07) is 21.0. The minimum absolute atomic E-state index is 0.0230. The van der Waals surface area contributed by atoms with Crippen molar-refractivity contribution in [3.63, 3.8) is 0 Å². The Labute approximate surface area is 452 Å². The molecule has 2 saturated heterocycles. The molecule has 7 rings (SSSR count). The van der Waals surface area contributed by atoms with E-state index in [1.54, 1.807) is 24.3 Å². The van der Waals surface area contributed by atoms with Gasteiger partial charge in [-0.2, -0.15) is 0 Å². The number of esters is 4. The van der Waals surface area contributed by atoms with Gasteiger partial charge in [0.15, 0.2) is 19.3 Å². The minimum Gasteiger partial charge on any atom is -0.458 e. The largest absolute Gasteiger partial charge is 0.458 e. The van der Waals surface area contributed by atoms with Crippen molar-refractivity contribution in [2.24, 2.45) is 11.8 Å². The van der Waals surface area contributed by atoms with Gasteiger partial charge < -0.3 is 43.1 Å². The summed E-state index contributed by atoms with van der Waals surface area (Å²) in [5.41, 5.74) is 2.61. The molecule has 417 valence electrons. The van der Waals surface area contributed by atoms with Crippen molar-refractivity contribution in [3.8, 4) is 0 Å². The first-order chi connectivity index (χ1) is 36.9. The zero-order valence-electron chi connectivity index (χ0n) is 45.4. The van der Waals surface area contributed by atoms with Gasteiger partial charge in [-0.15, -0.1) is 0 Å². The highest BCUT2D eigenvalue weighted by Gasteiger charge is 2.42. The van der Waals surface area contributed by atoms with Gasteiger partial charge in [0.1, 0.15) is 30.4 Å². The third-order valence-electron chi connectivity index (χ3n) is 15.2. The van der Waals surface area contributed by atoms with Crippen molar-refractivity contribution in [2.45, 2.75) is 146 Å². The predicted molar refractivity (Wildman–Crippen MR) is 282 cm³/mol. The smallest absolute Gasteiger partial charge is 0.344 e. The molecular formula is C60H77FN3O13. The zero-order valence-corrected chi connectivity index (χ0v) is 45.4. The van der Waals surface area contributed by atoms with Crippen molar-refractivity contribution in [3.05, 3.63) is 113 Å². The van der Waals surface area contributed by atoms with Crippen LogP contribution in [0.4, 0.5) is 4.39 Å². The van der Waals surface area contributed by atoms with Crippen molar-refractivity contribution in [2.75, 3.05) is 60.8 Å². The maximum Gasteiger partial charge on any atom is 0.344 e. The van der Waals surface area contributed by atoms with Crippen molar-refractivity contribution in [1.29, 1.82) is 0 Å². The van der Waals surface area contributed by atoms with Gasteiger partial charge in [-0.25, -0.2) is 23.6 Å². The lowest BCUT2D eigenvalue weighted by atomic mass is 9.90. The van der Waals surface area contributed by atoms with Gasteiger partial charge in [-0.3, -0.25) is 14.4 Å². The Hall–Kier alpha value is -6.20. The molecule has 1 radical (unpaired) electrons. The third-order valence-corrected chi connectivity index (χ3v) is 15.2. The lowest BCUT2D eigenvalue weighted by molar-refractivity contribution is -0.172. The molecule has 0 unspecified atom stereocenters. The molecule has 2 saturated carbocycles. The molecule has 2 aliphatic heterocycles. The highest BCUT2D eigenvalue weighted by molar-refractivity contribution is 5.92. The Morgan fingerprint density at radius 2 is 1.10 bits per heavy atom. The molecule has 4 aliphatic rings. The molecular weight excluding hydrogens is 990 g/mol. The van der Waals surface area contributed by atoms with Gasteiger partial charge in [0.25, 0.3) is 11.8 Å². The maximum absolute atomic E-state index is 15.7. The van der Waals surface area contributed by atoms with E-state index in [1.165, 1.54) is 51.9 Å². The fourth-order valence-electron chi connectivity index (χ4n) is 9.92. The van der Waals surface area contributed by atoms with Crippen LogP contribution in [0, 0.1) is 18.3 Å². The van der Waals surface area contributed by atoms with Crippen molar-refractivity contribution < 1.29 is 66.4 Å². The standard InChI is InChI=1S/C60H77FN3O13/c1-60(2,61)36-51(63(4)54(66)38-75-57(69)49(33-41-11-12-41)62(3)53(65)24-19-40-15-20-45(21-16-40)47-25-29-72-30-26-47)59(71)77-52(35-43-17-22-46(23-18-43)48-27-31-73-32-28-48)56(68)64(5)50(34-42-13-14-42)58(70)76-39-55(67)74-37-44-9-7-6-8-10-44/h6-10,15-18,20-24,41-42,47-52H,11-14,19,25-39H2,1-5H3/t49-,50-,51-,52+/m0/s1. The summed E-state index contributed by atoms with van der Waals surface area (Å²) in [5.74, 6) is -4.47. The molecule has 2 heterocycles. The molecule has 2 aliphatic carbocycles. The molecule has 16 nitrogen and oxygen atoms in total.